The first kappa shape index (κ1) is 15.3. The Kier molecular flexibility index (Phi) is 6.74. The van der Waals surface area contributed by atoms with Crippen LogP contribution in [0.2, 0.25) is 0 Å². The second-order valence-electron chi connectivity index (χ2n) is 3.89. The van der Waals surface area contributed by atoms with Gasteiger partial charge >= 0.3 is 5.97 Å². The molecule has 1 aromatic rings. The quantitative estimate of drug-likeness (QED) is 0.744. The molecule has 0 amide bonds. The molecule has 0 spiro atoms. The van der Waals surface area contributed by atoms with Gasteiger partial charge in [0.25, 0.3) is 0 Å². The smallest absolute Gasteiger partial charge is 0.336 e. The van der Waals surface area contributed by atoms with Crippen LogP contribution >= 0.6 is 0 Å². The highest BCUT2D eigenvalue weighted by Crippen LogP contribution is 2.26. The van der Waals surface area contributed by atoms with E-state index in [4.69, 9.17) is 19.3 Å². The molecule has 0 aromatic heterocycles. The van der Waals surface area contributed by atoms with Gasteiger partial charge in [-0.3, -0.25) is 0 Å². The molecule has 5 nitrogen and oxygen atoms in total. The lowest BCUT2D eigenvalue weighted by atomic mass is 10.3. The fourth-order valence-electron chi connectivity index (χ4n) is 1.46. The van der Waals surface area contributed by atoms with Crippen LogP contribution in [0.25, 0.3) is 0 Å². The number of hydrogen-bond acceptors (Lipinski definition) is 4. The maximum absolute atomic E-state index is 10.9. The molecule has 0 fully saturated rings. The van der Waals surface area contributed by atoms with Gasteiger partial charge in [-0.25, -0.2) is 4.79 Å². The Labute approximate surface area is 113 Å². The normalized spacial score (nSPS) is 11.9. The van der Waals surface area contributed by atoms with Crippen LogP contribution in [0.4, 0.5) is 0 Å². The number of carbonyl (C=O) groups is 1. The number of carboxylic acid groups (broad SMARTS) is 1. The van der Waals surface area contributed by atoms with Crippen LogP contribution in [-0.2, 0) is 9.53 Å². The Bertz CT molecular complexity index is 391. The van der Waals surface area contributed by atoms with Gasteiger partial charge in [-0.1, -0.05) is 19.1 Å². The van der Waals surface area contributed by atoms with E-state index in [0.717, 1.165) is 6.42 Å². The van der Waals surface area contributed by atoms with E-state index in [1.807, 2.05) is 19.1 Å². The van der Waals surface area contributed by atoms with Crippen molar-refractivity contribution >= 4 is 5.97 Å². The van der Waals surface area contributed by atoms with E-state index in [1.165, 1.54) is 0 Å². The predicted molar refractivity (Wildman–Crippen MR) is 70.8 cm³/mol. The summed E-state index contributed by atoms with van der Waals surface area (Å²) in [5.41, 5.74) is 0. The lowest BCUT2D eigenvalue weighted by molar-refractivity contribution is -0.152. The Balaban J connectivity index is 2.62. The van der Waals surface area contributed by atoms with Crippen LogP contribution in [0.15, 0.2) is 24.3 Å². The van der Waals surface area contributed by atoms with Gasteiger partial charge in [-0.05, 0) is 25.5 Å². The summed E-state index contributed by atoms with van der Waals surface area (Å²) in [7, 11) is 0. The van der Waals surface area contributed by atoms with E-state index in [-0.39, 0.29) is 6.61 Å². The fraction of sp³-hybridized carbons (Fsp3) is 0.500. The van der Waals surface area contributed by atoms with Crippen LogP contribution < -0.4 is 9.47 Å². The molecule has 0 aliphatic rings. The minimum atomic E-state index is -1.03. The highest BCUT2D eigenvalue weighted by molar-refractivity contribution is 5.72. The van der Waals surface area contributed by atoms with Crippen molar-refractivity contribution in [3.8, 4) is 11.5 Å². The second kappa shape index (κ2) is 8.37. The molecule has 5 heteroatoms. The topological polar surface area (TPSA) is 65.0 Å². The van der Waals surface area contributed by atoms with Gasteiger partial charge in [0, 0.05) is 6.61 Å². The first-order valence-electron chi connectivity index (χ1n) is 6.38. The third kappa shape index (κ3) is 5.18. The largest absolute Gasteiger partial charge is 0.490 e. The zero-order valence-corrected chi connectivity index (χ0v) is 11.3. The lowest BCUT2D eigenvalue weighted by Gasteiger charge is -2.16. The summed E-state index contributed by atoms with van der Waals surface area (Å²) in [4.78, 5) is 10.9. The Morgan fingerprint density at radius 3 is 2.37 bits per heavy atom. The summed E-state index contributed by atoms with van der Waals surface area (Å²) >= 11 is 0. The van der Waals surface area contributed by atoms with E-state index < -0.39 is 12.1 Å². The zero-order chi connectivity index (χ0) is 14.1. The van der Waals surface area contributed by atoms with E-state index in [9.17, 15) is 4.79 Å². The maximum Gasteiger partial charge on any atom is 0.336 e. The molecule has 0 bridgehead atoms. The Morgan fingerprint density at radius 1 is 1.21 bits per heavy atom. The molecule has 106 valence electrons. The summed E-state index contributed by atoms with van der Waals surface area (Å²) in [6, 6.07) is 7.19. The number of rotatable bonds is 9. The first-order valence-corrected chi connectivity index (χ1v) is 6.38. The molecule has 1 N–H and O–H groups in total. The number of aliphatic carboxylic acids is 1. The Morgan fingerprint density at radius 2 is 1.84 bits per heavy atom. The van der Waals surface area contributed by atoms with Crippen molar-refractivity contribution in [2.45, 2.75) is 26.4 Å². The van der Waals surface area contributed by atoms with Crippen LogP contribution in [0, 0.1) is 0 Å². The average Bonchev–Trinajstić information content (AvgIpc) is 2.41. The summed E-state index contributed by atoms with van der Waals surface area (Å²) in [6.45, 7) is 4.63. The van der Waals surface area contributed by atoms with E-state index in [1.54, 1.807) is 19.1 Å². The van der Waals surface area contributed by atoms with Gasteiger partial charge in [0.2, 0.25) is 0 Å². The van der Waals surface area contributed by atoms with Gasteiger partial charge in [0.1, 0.15) is 6.61 Å². The molecule has 0 radical (unpaired) electrons. The number of hydrogen-bond donors (Lipinski definition) is 1. The predicted octanol–water partition coefficient (Wildman–Crippen LogP) is 2.34. The van der Waals surface area contributed by atoms with E-state index in [2.05, 4.69) is 0 Å². The summed E-state index contributed by atoms with van der Waals surface area (Å²) in [5.74, 6) is 0.112. The standard InChI is InChI=1S/C14H20O5/c1-3-9-18-11-7-5-6-8-12(11)19-10-13(14(15)16)17-4-2/h5-8,13H,3-4,9-10H2,1-2H3,(H,15,16). The highest BCUT2D eigenvalue weighted by atomic mass is 16.6. The highest BCUT2D eigenvalue weighted by Gasteiger charge is 2.19. The number of benzene rings is 1. The van der Waals surface area contributed by atoms with Crippen molar-refractivity contribution in [1.82, 2.24) is 0 Å². The average molecular weight is 268 g/mol. The molecular weight excluding hydrogens is 248 g/mol. The first-order chi connectivity index (χ1) is 9.19. The second-order valence-corrected chi connectivity index (χ2v) is 3.89. The SMILES string of the molecule is CCCOc1ccccc1OCC(OCC)C(=O)O. The Hall–Kier alpha value is -1.75. The van der Waals surface area contributed by atoms with Gasteiger partial charge in [0.05, 0.1) is 6.61 Å². The van der Waals surface area contributed by atoms with Crippen molar-refractivity contribution in [2.75, 3.05) is 19.8 Å². The van der Waals surface area contributed by atoms with Gasteiger partial charge in [0.15, 0.2) is 17.6 Å². The zero-order valence-electron chi connectivity index (χ0n) is 11.3. The lowest BCUT2D eigenvalue weighted by Crippen LogP contribution is -2.30. The van der Waals surface area contributed by atoms with Gasteiger partial charge < -0.3 is 19.3 Å². The molecular formula is C14H20O5. The fourth-order valence-corrected chi connectivity index (χ4v) is 1.46. The number of ether oxygens (including phenoxy) is 3. The van der Waals surface area contributed by atoms with Crippen molar-refractivity contribution in [2.24, 2.45) is 0 Å². The summed E-state index contributed by atoms with van der Waals surface area (Å²) in [6.07, 6.45) is -0.0744. The molecule has 19 heavy (non-hydrogen) atoms. The van der Waals surface area contributed by atoms with Crippen molar-refractivity contribution in [3.63, 3.8) is 0 Å². The van der Waals surface area contributed by atoms with Crippen molar-refractivity contribution in [3.05, 3.63) is 24.3 Å². The molecule has 0 saturated carbocycles. The molecule has 0 aliphatic carbocycles. The van der Waals surface area contributed by atoms with E-state index in [0.29, 0.717) is 24.7 Å². The summed E-state index contributed by atoms with van der Waals surface area (Å²) < 4.78 is 16.1. The van der Waals surface area contributed by atoms with Gasteiger partial charge in [-0.15, -0.1) is 0 Å². The van der Waals surface area contributed by atoms with Crippen molar-refractivity contribution in [1.29, 1.82) is 0 Å². The molecule has 1 rings (SSSR count). The maximum atomic E-state index is 10.9. The molecule has 1 atom stereocenters. The van der Waals surface area contributed by atoms with Crippen LogP contribution in [-0.4, -0.2) is 37.0 Å². The molecule has 0 aliphatic heterocycles. The van der Waals surface area contributed by atoms with Gasteiger partial charge in [-0.2, -0.15) is 0 Å². The number of carboxylic acids is 1. The number of para-hydroxylation sites is 2. The van der Waals surface area contributed by atoms with Crippen molar-refractivity contribution < 1.29 is 24.1 Å². The third-order valence-electron chi connectivity index (χ3n) is 2.34. The minimum absolute atomic E-state index is 0.0460. The monoisotopic (exact) mass is 268 g/mol. The summed E-state index contributed by atoms with van der Waals surface area (Å²) in [5, 5.41) is 8.96. The molecule has 1 aromatic carbocycles. The molecule has 1 unspecified atom stereocenters. The van der Waals surface area contributed by atoms with Crippen LogP contribution in [0.1, 0.15) is 20.3 Å². The van der Waals surface area contributed by atoms with E-state index >= 15 is 0 Å². The van der Waals surface area contributed by atoms with Crippen LogP contribution in [0.5, 0.6) is 11.5 Å². The third-order valence-corrected chi connectivity index (χ3v) is 2.34. The molecule has 0 saturated heterocycles. The molecule has 0 heterocycles. The minimum Gasteiger partial charge on any atom is -0.490 e. The van der Waals surface area contributed by atoms with Crippen LogP contribution in [0.3, 0.4) is 0 Å².